The first kappa shape index (κ1) is 17.9. The largest absolute Gasteiger partial charge is 0.496 e. The summed E-state index contributed by atoms with van der Waals surface area (Å²) in [6.07, 6.45) is 0. The maximum Gasteiger partial charge on any atom is 0.258 e. The molecule has 0 radical (unpaired) electrons. The average Bonchev–Trinajstić information content (AvgIpc) is 2.83. The minimum absolute atomic E-state index is 0.0173. The Balaban J connectivity index is 2.34. The van der Waals surface area contributed by atoms with Gasteiger partial charge in [-0.15, -0.1) is 0 Å². The third-order valence-corrected chi connectivity index (χ3v) is 4.02. The standard InChI is InChI=1S/C17H21F2N3O2/c1-6-22-11(4)14(10(3)21-22)9(2)20-17(23)15-13(24-5)8-7-12(18)16(15)19/h7-9H,6H2,1-5H3,(H,20,23)/t9-/m1/s1. The highest BCUT2D eigenvalue weighted by Gasteiger charge is 2.25. The van der Waals surface area contributed by atoms with Crippen LogP contribution in [0.2, 0.25) is 0 Å². The Morgan fingerprint density at radius 1 is 1.38 bits per heavy atom. The van der Waals surface area contributed by atoms with Crippen molar-refractivity contribution >= 4 is 5.91 Å². The van der Waals surface area contributed by atoms with Crippen LogP contribution in [-0.2, 0) is 6.54 Å². The molecule has 0 fully saturated rings. The van der Waals surface area contributed by atoms with Crippen molar-refractivity contribution in [1.82, 2.24) is 15.1 Å². The van der Waals surface area contributed by atoms with Gasteiger partial charge >= 0.3 is 0 Å². The molecule has 1 atom stereocenters. The topological polar surface area (TPSA) is 56.2 Å². The molecule has 5 nitrogen and oxygen atoms in total. The Hall–Kier alpha value is -2.44. The zero-order chi connectivity index (χ0) is 18.0. The van der Waals surface area contributed by atoms with Crippen LogP contribution in [0.4, 0.5) is 8.78 Å². The lowest BCUT2D eigenvalue weighted by Crippen LogP contribution is -2.29. The first-order valence-electron chi connectivity index (χ1n) is 7.68. The van der Waals surface area contributed by atoms with Crippen LogP contribution < -0.4 is 10.1 Å². The van der Waals surface area contributed by atoms with Crippen LogP contribution in [0.1, 0.15) is 47.2 Å². The molecule has 2 aromatic rings. The number of benzene rings is 1. The third kappa shape index (κ3) is 3.11. The quantitative estimate of drug-likeness (QED) is 0.911. The summed E-state index contributed by atoms with van der Waals surface area (Å²) < 4.78 is 34.3. The van der Waals surface area contributed by atoms with Crippen molar-refractivity contribution in [3.8, 4) is 5.75 Å². The molecule has 0 aliphatic carbocycles. The number of methoxy groups -OCH3 is 1. The number of rotatable bonds is 5. The highest BCUT2D eigenvalue weighted by atomic mass is 19.2. The lowest BCUT2D eigenvalue weighted by molar-refractivity contribution is 0.0931. The zero-order valence-electron chi connectivity index (χ0n) is 14.4. The molecule has 1 N–H and O–H groups in total. The van der Waals surface area contributed by atoms with Gasteiger partial charge in [0.05, 0.1) is 18.8 Å². The highest BCUT2D eigenvalue weighted by Crippen LogP contribution is 2.26. The maximum atomic E-state index is 14.0. The smallest absolute Gasteiger partial charge is 0.258 e. The summed E-state index contributed by atoms with van der Waals surface area (Å²) in [5, 5.41) is 7.10. The Kier molecular flexibility index (Phi) is 5.21. The van der Waals surface area contributed by atoms with Gasteiger partial charge in [-0.05, 0) is 39.8 Å². The Morgan fingerprint density at radius 2 is 2.04 bits per heavy atom. The number of hydrogen-bond acceptors (Lipinski definition) is 3. The monoisotopic (exact) mass is 337 g/mol. The van der Waals surface area contributed by atoms with E-state index in [1.165, 1.54) is 13.2 Å². The van der Waals surface area contributed by atoms with Gasteiger partial charge in [0.1, 0.15) is 11.3 Å². The summed E-state index contributed by atoms with van der Waals surface area (Å²) in [4.78, 5) is 12.5. The second kappa shape index (κ2) is 6.98. The number of amides is 1. The summed E-state index contributed by atoms with van der Waals surface area (Å²) in [5.41, 5.74) is 2.13. The van der Waals surface area contributed by atoms with Crippen LogP contribution in [0.3, 0.4) is 0 Å². The fourth-order valence-corrected chi connectivity index (χ4v) is 2.90. The number of carbonyl (C=O) groups is 1. The van der Waals surface area contributed by atoms with E-state index in [-0.39, 0.29) is 5.75 Å². The van der Waals surface area contributed by atoms with Gasteiger partial charge < -0.3 is 10.1 Å². The molecule has 0 spiro atoms. The van der Waals surface area contributed by atoms with Crippen LogP contribution in [0.5, 0.6) is 5.75 Å². The number of aryl methyl sites for hydroxylation is 2. The van der Waals surface area contributed by atoms with Crippen molar-refractivity contribution in [2.24, 2.45) is 0 Å². The Morgan fingerprint density at radius 3 is 2.58 bits per heavy atom. The molecule has 0 aliphatic heterocycles. The van der Waals surface area contributed by atoms with Gasteiger partial charge in [0.15, 0.2) is 11.6 Å². The van der Waals surface area contributed by atoms with Gasteiger partial charge in [-0.2, -0.15) is 5.10 Å². The predicted octanol–water partition coefficient (Wildman–Crippen LogP) is 3.30. The number of carbonyl (C=O) groups excluding carboxylic acids is 1. The van der Waals surface area contributed by atoms with Crippen molar-refractivity contribution in [1.29, 1.82) is 0 Å². The van der Waals surface area contributed by atoms with E-state index in [0.29, 0.717) is 6.54 Å². The first-order valence-corrected chi connectivity index (χ1v) is 7.68. The molecule has 24 heavy (non-hydrogen) atoms. The van der Waals surface area contributed by atoms with E-state index in [9.17, 15) is 13.6 Å². The molecule has 2 rings (SSSR count). The van der Waals surface area contributed by atoms with E-state index in [2.05, 4.69) is 10.4 Å². The van der Waals surface area contributed by atoms with Crippen molar-refractivity contribution in [2.75, 3.05) is 7.11 Å². The van der Waals surface area contributed by atoms with Gasteiger partial charge in [0.25, 0.3) is 5.91 Å². The number of aromatic nitrogens is 2. The minimum atomic E-state index is -1.23. The van der Waals surface area contributed by atoms with Gasteiger partial charge in [0, 0.05) is 17.8 Å². The lowest BCUT2D eigenvalue weighted by atomic mass is 10.1. The van der Waals surface area contributed by atoms with E-state index < -0.39 is 29.1 Å². The van der Waals surface area contributed by atoms with Crippen LogP contribution >= 0.6 is 0 Å². The van der Waals surface area contributed by atoms with Crippen LogP contribution in [0.15, 0.2) is 12.1 Å². The number of ether oxygens (including phenoxy) is 1. The van der Waals surface area contributed by atoms with Gasteiger partial charge in [-0.25, -0.2) is 8.78 Å². The highest BCUT2D eigenvalue weighted by molar-refractivity contribution is 5.97. The fourth-order valence-electron chi connectivity index (χ4n) is 2.90. The van der Waals surface area contributed by atoms with E-state index in [1.54, 1.807) is 6.92 Å². The minimum Gasteiger partial charge on any atom is -0.496 e. The first-order chi connectivity index (χ1) is 11.3. The van der Waals surface area contributed by atoms with E-state index in [0.717, 1.165) is 23.0 Å². The molecule has 1 aromatic carbocycles. The average molecular weight is 337 g/mol. The summed E-state index contributed by atoms with van der Waals surface area (Å²) >= 11 is 0. The molecule has 0 saturated heterocycles. The molecule has 7 heteroatoms. The lowest BCUT2D eigenvalue weighted by Gasteiger charge is -2.17. The third-order valence-electron chi connectivity index (χ3n) is 4.02. The molecule has 0 bridgehead atoms. The molecule has 0 aliphatic rings. The van der Waals surface area contributed by atoms with E-state index >= 15 is 0 Å². The van der Waals surface area contributed by atoms with Crippen LogP contribution in [0, 0.1) is 25.5 Å². The van der Waals surface area contributed by atoms with Crippen molar-refractivity contribution < 1.29 is 18.3 Å². The zero-order valence-corrected chi connectivity index (χ0v) is 14.4. The normalized spacial score (nSPS) is 12.1. The van der Waals surface area contributed by atoms with Crippen molar-refractivity contribution in [3.05, 3.63) is 46.3 Å². The number of hydrogen-bond donors (Lipinski definition) is 1. The Bertz CT molecular complexity index is 772. The van der Waals surface area contributed by atoms with Gasteiger partial charge in [0.2, 0.25) is 0 Å². The summed E-state index contributed by atoms with van der Waals surface area (Å²) in [7, 11) is 1.30. The Labute approximate surface area is 139 Å². The summed E-state index contributed by atoms with van der Waals surface area (Å²) in [5.74, 6) is -3.08. The second-order valence-electron chi connectivity index (χ2n) is 5.53. The predicted molar refractivity (Wildman–Crippen MR) is 86.2 cm³/mol. The molecule has 1 aromatic heterocycles. The molecular weight excluding hydrogens is 316 g/mol. The van der Waals surface area contributed by atoms with E-state index in [4.69, 9.17) is 4.74 Å². The second-order valence-corrected chi connectivity index (χ2v) is 5.53. The molecule has 130 valence electrons. The van der Waals surface area contributed by atoms with Gasteiger partial charge in [-0.3, -0.25) is 9.48 Å². The molecule has 0 unspecified atom stereocenters. The van der Waals surface area contributed by atoms with Crippen molar-refractivity contribution in [3.63, 3.8) is 0 Å². The number of halogens is 2. The summed E-state index contributed by atoms with van der Waals surface area (Å²) in [6, 6.07) is 1.74. The number of nitrogens with zero attached hydrogens (tertiary/aromatic N) is 2. The molecule has 0 saturated carbocycles. The molecule has 1 amide bonds. The maximum absolute atomic E-state index is 14.0. The molecular formula is C17H21F2N3O2. The fraction of sp³-hybridized carbons (Fsp3) is 0.412. The van der Waals surface area contributed by atoms with Crippen LogP contribution in [-0.4, -0.2) is 22.8 Å². The molecule has 1 heterocycles. The van der Waals surface area contributed by atoms with Crippen LogP contribution in [0.25, 0.3) is 0 Å². The van der Waals surface area contributed by atoms with E-state index in [1.807, 2.05) is 25.5 Å². The summed E-state index contributed by atoms with van der Waals surface area (Å²) in [6.45, 7) is 8.21. The van der Waals surface area contributed by atoms with Gasteiger partial charge in [-0.1, -0.05) is 0 Å². The SMILES string of the molecule is CCn1nc(C)c([C@@H](C)NC(=O)c2c(OC)ccc(F)c2F)c1C. The van der Waals surface area contributed by atoms with Crippen molar-refractivity contribution in [2.45, 2.75) is 40.3 Å². The number of nitrogens with one attached hydrogen (secondary N) is 1.